The number of carbonyl (C=O) groups excluding carboxylic acids is 1. The summed E-state index contributed by atoms with van der Waals surface area (Å²) < 4.78 is 29.0. The van der Waals surface area contributed by atoms with E-state index >= 15 is 0 Å². The zero-order valence-electron chi connectivity index (χ0n) is 12.1. The summed E-state index contributed by atoms with van der Waals surface area (Å²) in [5.41, 5.74) is 0.344. The summed E-state index contributed by atoms with van der Waals surface area (Å²) >= 11 is 5.80. The molecule has 3 N–H and O–H groups in total. The van der Waals surface area contributed by atoms with Gasteiger partial charge in [0.15, 0.2) is 0 Å². The van der Waals surface area contributed by atoms with Crippen LogP contribution < -0.4 is 15.4 Å². The fourth-order valence-electron chi connectivity index (χ4n) is 1.69. The number of hydrogen-bond acceptors (Lipinski definition) is 3. The van der Waals surface area contributed by atoms with Gasteiger partial charge in [0.1, 0.15) is 5.75 Å². The molecule has 2 amide bonds. The van der Waals surface area contributed by atoms with E-state index in [1.54, 1.807) is 0 Å². The molecule has 0 aliphatic carbocycles. The van der Waals surface area contributed by atoms with Gasteiger partial charge in [-0.1, -0.05) is 18.5 Å². The first-order valence-corrected chi connectivity index (χ1v) is 7.23. The molecule has 0 fully saturated rings. The van der Waals surface area contributed by atoms with Crippen LogP contribution in [0.3, 0.4) is 0 Å². The molecule has 0 aromatic heterocycles. The third kappa shape index (κ3) is 6.91. The van der Waals surface area contributed by atoms with Gasteiger partial charge in [-0.05, 0) is 31.0 Å². The summed E-state index contributed by atoms with van der Waals surface area (Å²) in [5, 5.41) is 14.8. The number of ether oxygens (including phenoxy) is 1. The zero-order valence-corrected chi connectivity index (χ0v) is 12.9. The van der Waals surface area contributed by atoms with Gasteiger partial charge >= 0.3 is 12.6 Å². The molecule has 1 unspecified atom stereocenters. The first-order valence-electron chi connectivity index (χ1n) is 6.85. The van der Waals surface area contributed by atoms with Gasteiger partial charge in [0.05, 0.1) is 6.10 Å². The maximum Gasteiger partial charge on any atom is 0.387 e. The number of hydrogen-bond donors (Lipinski definition) is 3. The van der Waals surface area contributed by atoms with Gasteiger partial charge in [-0.3, -0.25) is 0 Å². The molecule has 0 aliphatic rings. The second-order valence-corrected chi connectivity index (χ2v) is 5.03. The van der Waals surface area contributed by atoms with Crippen LogP contribution >= 0.6 is 11.6 Å². The predicted octanol–water partition coefficient (Wildman–Crippen LogP) is 2.90. The Morgan fingerprint density at radius 1 is 1.41 bits per heavy atom. The standard InChI is InChI=1S/C14H19ClF2N2O3/c1-2-11(20)5-6-18-14(21)19-8-9-7-10(15)3-4-12(9)22-13(16)17/h3-4,7,11,13,20H,2,5-6,8H2,1H3,(H2,18,19,21). The Kier molecular flexibility index (Phi) is 7.90. The minimum atomic E-state index is -2.95. The predicted molar refractivity (Wildman–Crippen MR) is 79.2 cm³/mol. The third-order valence-electron chi connectivity index (χ3n) is 2.91. The molecule has 0 radical (unpaired) electrons. The van der Waals surface area contributed by atoms with Crippen LogP contribution in [0.5, 0.6) is 5.75 Å². The van der Waals surface area contributed by atoms with Crippen LogP contribution in [0.4, 0.5) is 13.6 Å². The molecule has 1 aromatic rings. The molecule has 0 bridgehead atoms. The molecule has 5 nitrogen and oxygen atoms in total. The largest absolute Gasteiger partial charge is 0.434 e. The van der Waals surface area contributed by atoms with Crippen molar-refractivity contribution >= 4 is 17.6 Å². The lowest BCUT2D eigenvalue weighted by Gasteiger charge is -2.13. The van der Waals surface area contributed by atoms with Crippen molar-refractivity contribution in [1.82, 2.24) is 10.6 Å². The van der Waals surface area contributed by atoms with Crippen LogP contribution in [0.15, 0.2) is 18.2 Å². The molecule has 0 heterocycles. The molecule has 0 saturated carbocycles. The number of halogens is 3. The molecule has 22 heavy (non-hydrogen) atoms. The number of nitrogens with one attached hydrogen (secondary N) is 2. The number of benzene rings is 1. The van der Waals surface area contributed by atoms with E-state index in [2.05, 4.69) is 15.4 Å². The van der Waals surface area contributed by atoms with Crippen molar-refractivity contribution in [2.75, 3.05) is 6.54 Å². The number of urea groups is 1. The van der Waals surface area contributed by atoms with E-state index in [4.69, 9.17) is 11.6 Å². The van der Waals surface area contributed by atoms with Crippen molar-refractivity contribution in [2.45, 2.75) is 39.0 Å². The van der Waals surface area contributed by atoms with Crippen LogP contribution in [-0.4, -0.2) is 30.4 Å². The second-order valence-electron chi connectivity index (χ2n) is 4.59. The topological polar surface area (TPSA) is 70.6 Å². The van der Waals surface area contributed by atoms with Gasteiger partial charge in [0.25, 0.3) is 0 Å². The number of rotatable bonds is 8. The summed E-state index contributed by atoms with van der Waals surface area (Å²) in [6.45, 7) is -0.806. The lowest BCUT2D eigenvalue weighted by Crippen LogP contribution is -2.36. The van der Waals surface area contributed by atoms with Crippen LogP contribution in [-0.2, 0) is 6.54 Å². The second kappa shape index (κ2) is 9.42. The minimum absolute atomic E-state index is 0.00915. The van der Waals surface area contributed by atoms with E-state index in [1.165, 1.54) is 18.2 Å². The van der Waals surface area contributed by atoms with Crippen LogP contribution in [0.2, 0.25) is 5.02 Å². The van der Waals surface area contributed by atoms with E-state index in [0.717, 1.165) is 0 Å². The number of alkyl halides is 2. The maximum absolute atomic E-state index is 12.3. The molecule has 1 rings (SSSR count). The summed E-state index contributed by atoms with van der Waals surface area (Å²) in [7, 11) is 0. The zero-order chi connectivity index (χ0) is 16.5. The molecule has 0 spiro atoms. The van der Waals surface area contributed by atoms with Gasteiger partial charge < -0.3 is 20.5 Å². The van der Waals surface area contributed by atoms with Gasteiger partial charge in [0.2, 0.25) is 0 Å². The summed E-state index contributed by atoms with van der Waals surface area (Å²) in [6, 6.07) is 3.72. The van der Waals surface area contributed by atoms with Crippen molar-refractivity contribution in [1.29, 1.82) is 0 Å². The van der Waals surface area contributed by atoms with Crippen molar-refractivity contribution in [3.8, 4) is 5.75 Å². The summed E-state index contributed by atoms with van der Waals surface area (Å²) in [6.07, 6.45) is 0.598. The van der Waals surface area contributed by atoms with Crippen LogP contribution in [0.25, 0.3) is 0 Å². The first kappa shape index (κ1) is 18.4. The lowest BCUT2D eigenvalue weighted by molar-refractivity contribution is -0.0504. The summed E-state index contributed by atoms with van der Waals surface area (Å²) in [5.74, 6) is -0.0406. The molecule has 1 aromatic carbocycles. The highest BCUT2D eigenvalue weighted by atomic mass is 35.5. The van der Waals surface area contributed by atoms with E-state index in [-0.39, 0.29) is 12.3 Å². The monoisotopic (exact) mass is 336 g/mol. The maximum atomic E-state index is 12.3. The van der Waals surface area contributed by atoms with Crippen molar-refractivity contribution in [3.63, 3.8) is 0 Å². The average Bonchev–Trinajstić information content (AvgIpc) is 2.46. The summed E-state index contributed by atoms with van der Waals surface area (Å²) in [4.78, 5) is 11.6. The van der Waals surface area contributed by atoms with Crippen LogP contribution in [0.1, 0.15) is 25.3 Å². The lowest BCUT2D eigenvalue weighted by atomic mass is 10.2. The Bertz CT molecular complexity index is 489. The number of aliphatic hydroxyl groups excluding tert-OH is 1. The van der Waals surface area contributed by atoms with E-state index < -0.39 is 18.7 Å². The van der Waals surface area contributed by atoms with E-state index in [9.17, 15) is 18.7 Å². The molecular formula is C14H19ClF2N2O3. The molecule has 8 heteroatoms. The highest BCUT2D eigenvalue weighted by molar-refractivity contribution is 6.30. The highest BCUT2D eigenvalue weighted by Gasteiger charge is 2.11. The normalized spacial score (nSPS) is 12.1. The van der Waals surface area contributed by atoms with Gasteiger partial charge in [-0.15, -0.1) is 0 Å². The Morgan fingerprint density at radius 3 is 2.77 bits per heavy atom. The van der Waals surface area contributed by atoms with E-state index in [0.29, 0.717) is 30.0 Å². The Labute approximate surface area is 132 Å². The SMILES string of the molecule is CCC(O)CCNC(=O)NCc1cc(Cl)ccc1OC(F)F. The highest BCUT2D eigenvalue weighted by Crippen LogP contribution is 2.24. The van der Waals surface area contributed by atoms with Crippen molar-refractivity contribution in [2.24, 2.45) is 0 Å². The molecular weight excluding hydrogens is 318 g/mol. The fourth-order valence-corrected chi connectivity index (χ4v) is 1.89. The minimum Gasteiger partial charge on any atom is -0.434 e. The Balaban J connectivity index is 2.49. The fraction of sp³-hybridized carbons (Fsp3) is 0.500. The van der Waals surface area contributed by atoms with Crippen LogP contribution in [0, 0.1) is 0 Å². The van der Waals surface area contributed by atoms with E-state index in [1.807, 2.05) is 6.92 Å². The molecule has 124 valence electrons. The molecule has 1 atom stereocenters. The number of aliphatic hydroxyl groups is 1. The first-order chi connectivity index (χ1) is 10.4. The average molecular weight is 337 g/mol. The van der Waals surface area contributed by atoms with Gasteiger partial charge in [-0.2, -0.15) is 8.78 Å². The Hall–Kier alpha value is -1.60. The third-order valence-corrected chi connectivity index (χ3v) is 3.15. The number of carbonyl (C=O) groups is 1. The van der Waals surface area contributed by atoms with Crippen molar-refractivity contribution in [3.05, 3.63) is 28.8 Å². The number of amides is 2. The molecule has 0 aliphatic heterocycles. The smallest absolute Gasteiger partial charge is 0.387 e. The van der Waals surface area contributed by atoms with Gasteiger partial charge in [0, 0.05) is 23.7 Å². The Morgan fingerprint density at radius 2 is 2.14 bits per heavy atom. The van der Waals surface area contributed by atoms with Crippen molar-refractivity contribution < 1.29 is 23.4 Å². The van der Waals surface area contributed by atoms with Gasteiger partial charge in [-0.25, -0.2) is 4.79 Å². The molecule has 0 saturated heterocycles. The quantitative estimate of drug-likeness (QED) is 0.683.